The van der Waals surface area contributed by atoms with Crippen LogP contribution in [0.4, 0.5) is 5.82 Å². The molecule has 0 spiro atoms. The third-order valence-electron chi connectivity index (χ3n) is 1.35. The summed E-state index contributed by atoms with van der Waals surface area (Å²) >= 11 is 0. The van der Waals surface area contributed by atoms with Crippen molar-refractivity contribution in [2.45, 2.75) is 0 Å². The lowest BCUT2D eigenvalue weighted by Crippen LogP contribution is -2.12. The van der Waals surface area contributed by atoms with Gasteiger partial charge in [-0.1, -0.05) is 6.58 Å². The highest BCUT2D eigenvalue weighted by Gasteiger charge is 2.08. The Balaban J connectivity index is 3.17. The number of hydrogen-bond acceptors (Lipinski definition) is 3. The van der Waals surface area contributed by atoms with Gasteiger partial charge in [-0.05, 0) is 0 Å². The normalized spacial score (nSPS) is 9.64. The summed E-state index contributed by atoms with van der Waals surface area (Å²) < 4.78 is 1.51. The van der Waals surface area contributed by atoms with E-state index in [0.29, 0.717) is 5.82 Å². The summed E-state index contributed by atoms with van der Waals surface area (Å²) in [6, 6.07) is 0. The fourth-order valence-electron chi connectivity index (χ4n) is 0.914. The van der Waals surface area contributed by atoms with E-state index in [1.165, 1.54) is 17.1 Å². The molecule has 0 aliphatic heterocycles. The van der Waals surface area contributed by atoms with Gasteiger partial charge in [-0.15, -0.1) is 0 Å². The Morgan fingerprint density at radius 1 is 1.73 bits per heavy atom. The molecule has 60 valence electrons. The van der Waals surface area contributed by atoms with Crippen LogP contribution in [0.25, 0.3) is 6.20 Å². The van der Waals surface area contributed by atoms with E-state index in [1.54, 1.807) is 4.90 Å². The van der Waals surface area contributed by atoms with Crippen LogP contribution < -0.4 is 4.90 Å². The SMILES string of the molecule is C=Cn1ncc(O)c1N(C)C. The molecule has 0 atom stereocenters. The van der Waals surface area contributed by atoms with E-state index in [-0.39, 0.29) is 5.75 Å². The van der Waals surface area contributed by atoms with Crippen LogP contribution in [0.3, 0.4) is 0 Å². The molecule has 1 aromatic rings. The fourth-order valence-corrected chi connectivity index (χ4v) is 0.914. The Kier molecular flexibility index (Phi) is 1.85. The molecule has 0 aliphatic rings. The van der Waals surface area contributed by atoms with Crippen LogP contribution >= 0.6 is 0 Å². The molecule has 0 fully saturated rings. The van der Waals surface area contributed by atoms with Crippen molar-refractivity contribution < 1.29 is 5.11 Å². The molecule has 1 aromatic heterocycles. The third kappa shape index (κ3) is 1.19. The molecule has 0 radical (unpaired) electrons. The topological polar surface area (TPSA) is 41.3 Å². The zero-order valence-corrected chi connectivity index (χ0v) is 6.65. The van der Waals surface area contributed by atoms with Gasteiger partial charge in [-0.2, -0.15) is 5.10 Å². The number of hydrogen-bond donors (Lipinski definition) is 1. The van der Waals surface area contributed by atoms with E-state index < -0.39 is 0 Å². The molecule has 0 bridgehead atoms. The fraction of sp³-hybridized carbons (Fsp3) is 0.286. The van der Waals surface area contributed by atoms with Gasteiger partial charge in [-0.3, -0.25) is 0 Å². The van der Waals surface area contributed by atoms with Gasteiger partial charge in [0, 0.05) is 20.3 Å². The maximum Gasteiger partial charge on any atom is 0.178 e. The first-order valence-corrected chi connectivity index (χ1v) is 3.23. The van der Waals surface area contributed by atoms with Crippen LogP contribution in [-0.4, -0.2) is 29.0 Å². The second-order valence-electron chi connectivity index (χ2n) is 2.37. The van der Waals surface area contributed by atoms with Crippen molar-refractivity contribution >= 4 is 12.0 Å². The molecular weight excluding hydrogens is 142 g/mol. The van der Waals surface area contributed by atoms with Crippen LogP contribution in [0.5, 0.6) is 5.75 Å². The predicted octanol–water partition coefficient (Wildman–Crippen LogP) is 0.755. The van der Waals surface area contributed by atoms with Gasteiger partial charge >= 0.3 is 0 Å². The largest absolute Gasteiger partial charge is 0.503 e. The molecule has 0 unspecified atom stereocenters. The van der Waals surface area contributed by atoms with Crippen molar-refractivity contribution in [2.75, 3.05) is 19.0 Å². The number of nitrogens with zero attached hydrogens (tertiary/aromatic N) is 3. The lowest BCUT2D eigenvalue weighted by atomic mass is 10.5. The summed E-state index contributed by atoms with van der Waals surface area (Å²) in [7, 11) is 3.66. The molecular formula is C7H11N3O. The Morgan fingerprint density at radius 3 is 2.73 bits per heavy atom. The average molecular weight is 153 g/mol. The summed E-state index contributed by atoms with van der Waals surface area (Å²) in [5, 5.41) is 13.1. The van der Waals surface area contributed by atoms with E-state index in [2.05, 4.69) is 11.7 Å². The minimum Gasteiger partial charge on any atom is -0.503 e. The van der Waals surface area contributed by atoms with E-state index in [9.17, 15) is 5.11 Å². The van der Waals surface area contributed by atoms with E-state index in [0.717, 1.165) is 0 Å². The lowest BCUT2D eigenvalue weighted by molar-refractivity contribution is 0.475. The number of rotatable bonds is 2. The van der Waals surface area contributed by atoms with Gasteiger partial charge in [-0.25, -0.2) is 4.68 Å². The molecule has 0 saturated carbocycles. The smallest absolute Gasteiger partial charge is 0.178 e. The summed E-state index contributed by atoms with van der Waals surface area (Å²) in [6.45, 7) is 3.55. The Hall–Kier alpha value is -1.45. The first-order chi connectivity index (χ1) is 5.16. The van der Waals surface area contributed by atoms with Gasteiger partial charge < -0.3 is 10.0 Å². The monoisotopic (exact) mass is 153 g/mol. The van der Waals surface area contributed by atoms with E-state index in [1.807, 2.05) is 14.1 Å². The Bertz CT molecular complexity index is 265. The molecule has 11 heavy (non-hydrogen) atoms. The summed E-state index contributed by atoms with van der Waals surface area (Å²) in [5.41, 5.74) is 0. The van der Waals surface area contributed by atoms with Crippen molar-refractivity contribution in [2.24, 2.45) is 0 Å². The molecule has 0 amide bonds. The number of aromatic nitrogens is 2. The van der Waals surface area contributed by atoms with Gasteiger partial charge in [0.25, 0.3) is 0 Å². The van der Waals surface area contributed by atoms with Crippen LogP contribution in [0.1, 0.15) is 0 Å². The summed E-state index contributed by atoms with van der Waals surface area (Å²) in [6.07, 6.45) is 2.92. The maximum absolute atomic E-state index is 9.26. The van der Waals surface area contributed by atoms with Gasteiger partial charge in [0.05, 0.1) is 6.20 Å². The minimum absolute atomic E-state index is 0.162. The van der Waals surface area contributed by atoms with Crippen molar-refractivity contribution in [1.82, 2.24) is 9.78 Å². The molecule has 0 saturated heterocycles. The standard InChI is InChI=1S/C7H11N3O/c1-4-10-7(9(2)3)6(11)5-8-10/h4-5,11H,1H2,2-3H3. The molecule has 1 heterocycles. The van der Waals surface area contributed by atoms with Gasteiger partial charge in [0.1, 0.15) is 0 Å². The first-order valence-electron chi connectivity index (χ1n) is 3.23. The third-order valence-corrected chi connectivity index (χ3v) is 1.35. The maximum atomic E-state index is 9.26. The minimum atomic E-state index is 0.162. The van der Waals surface area contributed by atoms with Gasteiger partial charge in [0.2, 0.25) is 0 Å². The Morgan fingerprint density at radius 2 is 2.36 bits per heavy atom. The van der Waals surface area contributed by atoms with Crippen LogP contribution in [0.15, 0.2) is 12.8 Å². The van der Waals surface area contributed by atoms with Crippen LogP contribution in [0.2, 0.25) is 0 Å². The molecule has 1 N–H and O–H groups in total. The highest BCUT2D eigenvalue weighted by molar-refractivity contribution is 5.53. The second-order valence-corrected chi connectivity index (χ2v) is 2.37. The highest BCUT2D eigenvalue weighted by atomic mass is 16.3. The summed E-state index contributed by atoms with van der Waals surface area (Å²) in [5.74, 6) is 0.801. The molecule has 4 heteroatoms. The highest BCUT2D eigenvalue weighted by Crippen LogP contribution is 2.24. The molecule has 4 nitrogen and oxygen atoms in total. The van der Waals surface area contributed by atoms with E-state index in [4.69, 9.17) is 0 Å². The van der Waals surface area contributed by atoms with Gasteiger partial charge in [0.15, 0.2) is 11.6 Å². The molecule has 0 aliphatic carbocycles. The molecule has 1 rings (SSSR count). The van der Waals surface area contributed by atoms with Crippen molar-refractivity contribution in [3.8, 4) is 5.75 Å². The second kappa shape index (κ2) is 2.65. The predicted molar refractivity (Wildman–Crippen MR) is 44.6 cm³/mol. The van der Waals surface area contributed by atoms with Crippen molar-refractivity contribution in [3.63, 3.8) is 0 Å². The van der Waals surface area contributed by atoms with Crippen LogP contribution in [-0.2, 0) is 0 Å². The number of anilines is 1. The first kappa shape index (κ1) is 7.65. The average Bonchev–Trinajstić information content (AvgIpc) is 2.30. The quantitative estimate of drug-likeness (QED) is 0.681. The van der Waals surface area contributed by atoms with E-state index >= 15 is 0 Å². The van der Waals surface area contributed by atoms with Crippen molar-refractivity contribution in [1.29, 1.82) is 0 Å². The zero-order chi connectivity index (χ0) is 8.43. The molecule has 0 aromatic carbocycles. The lowest BCUT2D eigenvalue weighted by Gasteiger charge is -2.11. The van der Waals surface area contributed by atoms with Crippen molar-refractivity contribution in [3.05, 3.63) is 12.8 Å². The summed E-state index contributed by atoms with van der Waals surface area (Å²) in [4.78, 5) is 1.77. The Labute approximate surface area is 65.4 Å². The zero-order valence-electron chi connectivity index (χ0n) is 6.65. The number of aromatic hydroxyl groups is 1. The van der Waals surface area contributed by atoms with Crippen LogP contribution in [0, 0.1) is 0 Å².